The fourth-order valence-corrected chi connectivity index (χ4v) is 3.10. The largest absolute Gasteiger partial charge is 0.340 e. The molecule has 1 amide bonds. The number of carbonyl (C=O) groups is 1. The molecule has 1 aliphatic heterocycles. The van der Waals surface area contributed by atoms with Crippen LogP contribution in [0.15, 0.2) is 42.7 Å². The van der Waals surface area contributed by atoms with E-state index in [0.717, 1.165) is 12.1 Å². The normalized spacial score (nSPS) is 19.7. The maximum atomic E-state index is 12.7. The maximum Gasteiger partial charge on any atom is 0.256 e. The zero-order chi connectivity index (χ0) is 19.4. The van der Waals surface area contributed by atoms with Gasteiger partial charge in [0.1, 0.15) is 0 Å². The third kappa shape index (κ3) is 5.02. The van der Waals surface area contributed by atoms with Gasteiger partial charge in [-0.15, -0.1) is 0 Å². The van der Waals surface area contributed by atoms with Crippen LogP contribution in [-0.2, 0) is 0 Å². The summed E-state index contributed by atoms with van der Waals surface area (Å²) in [6.07, 6.45) is 4.11. The first-order chi connectivity index (χ1) is 12.8. The summed E-state index contributed by atoms with van der Waals surface area (Å²) in [5, 5.41) is 3.11. The van der Waals surface area contributed by atoms with Crippen LogP contribution >= 0.6 is 0 Å². The second kappa shape index (κ2) is 8.02. The van der Waals surface area contributed by atoms with E-state index in [1.165, 1.54) is 0 Å². The Bertz CT molecular complexity index is 756. The molecule has 7 heteroatoms. The Hall–Kier alpha value is -2.51. The van der Waals surface area contributed by atoms with Crippen molar-refractivity contribution in [3.8, 4) is 0 Å². The van der Waals surface area contributed by atoms with Crippen molar-refractivity contribution in [3.63, 3.8) is 0 Å². The van der Waals surface area contributed by atoms with Crippen molar-refractivity contribution < 1.29 is 4.79 Å². The van der Waals surface area contributed by atoms with Gasteiger partial charge in [-0.1, -0.05) is 39.0 Å². The van der Waals surface area contributed by atoms with E-state index in [9.17, 15) is 4.79 Å². The van der Waals surface area contributed by atoms with Crippen LogP contribution in [0.1, 0.15) is 37.6 Å². The van der Waals surface area contributed by atoms with Crippen LogP contribution in [0.25, 0.3) is 0 Å². The molecule has 0 bridgehead atoms. The number of para-hydroxylation sites is 1. The summed E-state index contributed by atoms with van der Waals surface area (Å²) in [6, 6.07) is 10.3. The summed E-state index contributed by atoms with van der Waals surface area (Å²) in [5.41, 5.74) is 8.21. The van der Waals surface area contributed by atoms with Gasteiger partial charge in [0.25, 0.3) is 5.91 Å². The standard InChI is InChI=1S/C20H28N6O/c1-20(2,3)17-10-16(24-25-17)13-26(4)18(27)14-11-21-19(22-12-14)23-15-8-6-5-7-9-15/h5-9,11-12,16-17,24-25H,10,13H2,1-4H3,(H,21,22,23). The van der Waals surface area contributed by atoms with Crippen molar-refractivity contribution in [2.24, 2.45) is 5.41 Å². The Labute approximate surface area is 160 Å². The van der Waals surface area contributed by atoms with Gasteiger partial charge >= 0.3 is 0 Å². The van der Waals surface area contributed by atoms with Gasteiger partial charge in [-0.3, -0.25) is 15.6 Å². The van der Waals surface area contributed by atoms with E-state index in [0.29, 0.717) is 24.1 Å². The highest BCUT2D eigenvalue weighted by Crippen LogP contribution is 2.25. The summed E-state index contributed by atoms with van der Waals surface area (Å²) in [5.74, 6) is 0.386. The molecule has 0 saturated carbocycles. The van der Waals surface area contributed by atoms with Crippen molar-refractivity contribution in [3.05, 3.63) is 48.3 Å². The number of benzene rings is 1. The number of hydrazine groups is 1. The van der Waals surface area contributed by atoms with E-state index in [1.807, 2.05) is 37.4 Å². The molecule has 3 rings (SSSR count). The third-order valence-electron chi connectivity index (χ3n) is 4.80. The number of anilines is 2. The minimum atomic E-state index is -0.0812. The summed E-state index contributed by atoms with van der Waals surface area (Å²) < 4.78 is 0. The number of aromatic nitrogens is 2. The summed E-state index contributed by atoms with van der Waals surface area (Å²) in [7, 11) is 1.81. The van der Waals surface area contributed by atoms with E-state index in [2.05, 4.69) is 46.9 Å². The van der Waals surface area contributed by atoms with Crippen LogP contribution in [0.2, 0.25) is 0 Å². The maximum absolute atomic E-state index is 12.7. The summed E-state index contributed by atoms with van der Waals surface area (Å²) >= 11 is 0. The zero-order valence-electron chi connectivity index (χ0n) is 16.4. The van der Waals surface area contributed by atoms with Gasteiger partial charge in [0.15, 0.2) is 0 Å². The van der Waals surface area contributed by atoms with Crippen molar-refractivity contribution >= 4 is 17.5 Å². The molecule has 1 aliphatic rings. The van der Waals surface area contributed by atoms with Gasteiger partial charge < -0.3 is 10.2 Å². The van der Waals surface area contributed by atoms with Crippen LogP contribution in [0.3, 0.4) is 0 Å². The SMILES string of the molecule is CN(CC1CC(C(C)(C)C)NN1)C(=O)c1cnc(Nc2ccccc2)nc1. The second-order valence-electron chi connectivity index (χ2n) is 8.11. The Morgan fingerprint density at radius 2 is 1.85 bits per heavy atom. The van der Waals surface area contributed by atoms with E-state index in [4.69, 9.17) is 0 Å². The van der Waals surface area contributed by atoms with Gasteiger partial charge in [0.05, 0.1) is 5.56 Å². The fourth-order valence-electron chi connectivity index (χ4n) is 3.10. The first-order valence-electron chi connectivity index (χ1n) is 9.23. The molecule has 2 unspecified atom stereocenters. The highest BCUT2D eigenvalue weighted by molar-refractivity contribution is 5.93. The van der Waals surface area contributed by atoms with Crippen molar-refractivity contribution in [2.75, 3.05) is 18.9 Å². The number of carbonyl (C=O) groups excluding carboxylic acids is 1. The van der Waals surface area contributed by atoms with Crippen LogP contribution in [0.4, 0.5) is 11.6 Å². The predicted octanol–water partition coefficient (Wildman–Crippen LogP) is 2.57. The van der Waals surface area contributed by atoms with Crippen LogP contribution in [-0.4, -0.2) is 46.5 Å². The Morgan fingerprint density at radius 1 is 1.19 bits per heavy atom. The van der Waals surface area contributed by atoms with Crippen LogP contribution in [0, 0.1) is 5.41 Å². The molecule has 2 atom stereocenters. The molecular formula is C20H28N6O. The molecular weight excluding hydrogens is 340 g/mol. The topological polar surface area (TPSA) is 82.2 Å². The lowest BCUT2D eigenvalue weighted by Gasteiger charge is -2.26. The minimum Gasteiger partial charge on any atom is -0.340 e. The van der Waals surface area contributed by atoms with Gasteiger partial charge in [0.2, 0.25) is 5.95 Å². The first kappa shape index (κ1) is 19.3. The summed E-state index contributed by atoms with van der Waals surface area (Å²) in [6.45, 7) is 7.27. The quantitative estimate of drug-likeness (QED) is 0.752. The number of rotatable bonds is 5. The molecule has 1 aromatic heterocycles. The molecule has 1 aromatic carbocycles. The van der Waals surface area contributed by atoms with Gasteiger partial charge in [-0.2, -0.15) is 0 Å². The number of nitrogens with zero attached hydrogens (tertiary/aromatic N) is 3. The Balaban J connectivity index is 1.56. The Morgan fingerprint density at radius 3 is 2.44 bits per heavy atom. The lowest BCUT2D eigenvalue weighted by molar-refractivity contribution is 0.0782. The molecule has 3 N–H and O–H groups in total. The smallest absolute Gasteiger partial charge is 0.256 e. The molecule has 144 valence electrons. The second-order valence-corrected chi connectivity index (χ2v) is 8.11. The van der Waals surface area contributed by atoms with Crippen molar-refractivity contribution in [2.45, 2.75) is 39.3 Å². The lowest BCUT2D eigenvalue weighted by Crippen LogP contribution is -2.42. The van der Waals surface area contributed by atoms with Gasteiger partial charge in [0, 0.05) is 43.8 Å². The minimum absolute atomic E-state index is 0.0812. The molecule has 0 aliphatic carbocycles. The van der Waals surface area contributed by atoms with Crippen LogP contribution in [0.5, 0.6) is 0 Å². The van der Waals surface area contributed by atoms with Crippen molar-refractivity contribution in [1.82, 2.24) is 25.7 Å². The molecule has 2 aromatic rings. The third-order valence-corrected chi connectivity index (χ3v) is 4.80. The predicted molar refractivity (Wildman–Crippen MR) is 107 cm³/mol. The molecule has 1 saturated heterocycles. The average molecular weight is 368 g/mol. The molecule has 1 fully saturated rings. The number of hydrogen-bond acceptors (Lipinski definition) is 6. The molecule has 2 heterocycles. The number of nitrogens with one attached hydrogen (secondary N) is 3. The van der Waals surface area contributed by atoms with Gasteiger partial charge in [-0.25, -0.2) is 9.97 Å². The van der Waals surface area contributed by atoms with E-state index in [1.54, 1.807) is 17.3 Å². The van der Waals surface area contributed by atoms with E-state index in [-0.39, 0.29) is 17.4 Å². The monoisotopic (exact) mass is 368 g/mol. The number of likely N-dealkylation sites (N-methyl/N-ethyl adjacent to an activating group) is 1. The van der Waals surface area contributed by atoms with Gasteiger partial charge in [-0.05, 0) is 24.0 Å². The fraction of sp³-hybridized carbons (Fsp3) is 0.450. The molecule has 0 spiro atoms. The first-order valence-corrected chi connectivity index (χ1v) is 9.23. The highest BCUT2D eigenvalue weighted by Gasteiger charge is 2.33. The molecule has 7 nitrogen and oxygen atoms in total. The summed E-state index contributed by atoms with van der Waals surface area (Å²) in [4.78, 5) is 22.9. The van der Waals surface area contributed by atoms with E-state index >= 15 is 0 Å². The highest BCUT2D eigenvalue weighted by atomic mass is 16.2. The average Bonchev–Trinajstić information content (AvgIpc) is 3.11. The molecule has 27 heavy (non-hydrogen) atoms. The Kier molecular flexibility index (Phi) is 5.72. The molecule has 0 radical (unpaired) electrons. The zero-order valence-corrected chi connectivity index (χ0v) is 16.4. The lowest BCUT2D eigenvalue weighted by atomic mass is 9.84. The van der Waals surface area contributed by atoms with E-state index < -0.39 is 0 Å². The number of hydrogen-bond donors (Lipinski definition) is 3. The van der Waals surface area contributed by atoms with Crippen molar-refractivity contribution in [1.29, 1.82) is 0 Å². The van der Waals surface area contributed by atoms with Crippen LogP contribution < -0.4 is 16.2 Å². The number of amides is 1.